The van der Waals surface area contributed by atoms with Crippen molar-refractivity contribution in [3.8, 4) is 0 Å². The van der Waals surface area contributed by atoms with Crippen molar-refractivity contribution in [3.63, 3.8) is 0 Å². The minimum atomic E-state index is 0.430. The lowest BCUT2D eigenvalue weighted by Gasteiger charge is -2.25. The summed E-state index contributed by atoms with van der Waals surface area (Å²) in [6, 6.07) is 3.07. The van der Waals surface area contributed by atoms with Gasteiger partial charge in [0.05, 0.1) is 5.69 Å². The Balaban J connectivity index is 2.58. The number of hydrogen-bond donors (Lipinski definition) is 0. The third-order valence-electron chi connectivity index (χ3n) is 2.87. The second-order valence-corrected chi connectivity index (χ2v) is 5.37. The molecule has 0 unspecified atom stereocenters. The zero-order valence-electron chi connectivity index (χ0n) is 11.4. The highest BCUT2D eigenvalue weighted by molar-refractivity contribution is 6.17. The van der Waals surface area contributed by atoms with E-state index in [1.807, 2.05) is 4.68 Å². The Morgan fingerprint density at radius 3 is 2.53 bits per heavy atom. The summed E-state index contributed by atoms with van der Waals surface area (Å²) in [6.45, 7) is 10.7. The van der Waals surface area contributed by atoms with Gasteiger partial charge >= 0.3 is 0 Å². The second-order valence-electron chi connectivity index (χ2n) is 4.99. The Hall–Kier alpha value is -0.540. The van der Waals surface area contributed by atoms with Crippen LogP contribution in [-0.2, 0) is 6.54 Å². The van der Waals surface area contributed by atoms with Crippen molar-refractivity contribution in [2.24, 2.45) is 0 Å². The topological polar surface area (TPSA) is 21.1 Å². The van der Waals surface area contributed by atoms with Gasteiger partial charge in [0, 0.05) is 30.7 Å². The summed E-state index contributed by atoms with van der Waals surface area (Å²) in [5.74, 6) is 0.726. The highest BCUT2D eigenvalue weighted by Crippen LogP contribution is 2.10. The van der Waals surface area contributed by atoms with Crippen LogP contribution in [0, 0.1) is 0 Å². The molecule has 1 aromatic heterocycles. The normalized spacial score (nSPS) is 12.0. The van der Waals surface area contributed by atoms with Crippen LogP contribution in [0.4, 0.5) is 0 Å². The molecule has 0 aliphatic rings. The molecule has 1 aromatic rings. The number of alkyl halides is 1. The molecule has 0 aromatic carbocycles. The smallest absolute Gasteiger partial charge is 0.0764 e. The molecule has 0 aliphatic heterocycles. The summed E-state index contributed by atoms with van der Waals surface area (Å²) in [4.78, 5) is 2.41. The van der Waals surface area contributed by atoms with Gasteiger partial charge in [0.1, 0.15) is 0 Å². The van der Waals surface area contributed by atoms with Crippen LogP contribution in [0.1, 0.15) is 45.9 Å². The fourth-order valence-electron chi connectivity index (χ4n) is 1.74. The molecular formula is C13H24ClN3. The predicted molar refractivity (Wildman–Crippen MR) is 73.5 cm³/mol. The second kappa shape index (κ2) is 7.02. The van der Waals surface area contributed by atoms with Crippen molar-refractivity contribution in [2.75, 3.05) is 12.4 Å². The summed E-state index contributed by atoms with van der Waals surface area (Å²) in [5, 5.41) is 4.58. The molecule has 17 heavy (non-hydrogen) atoms. The Bertz CT molecular complexity index is 320. The molecule has 0 saturated carbocycles. The summed E-state index contributed by atoms with van der Waals surface area (Å²) in [6.07, 6.45) is 3.09. The molecule has 0 fully saturated rings. The third kappa shape index (κ3) is 4.68. The van der Waals surface area contributed by atoms with Gasteiger partial charge in [-0.2, -0.15) is 5.10 Å². The lowest BCUT2D eigenvalue weighted by molar-refractivity contribution is 0.210. The number of hydrogen-bond acceptors (Lipinski definition) is 2. The number of rotatable bonds is 7. The zero-order chi connectivity index (χ0) is 12.8. The van der Waals surface area contributed by atoms with E-state index >= 15 is 0 Å². The SMILES string of the molecule is CC(C)N(CCCCl)Cc1ccn(C(C)C)n1. The average Bonchev–Trinajstić information content (AvgIpc) is 2.72. The molecule has 0 radical (unpaired) electrons. The van der Waals surface area contributed by atoms with E-state index in [1.165, 1.54) is 0 Å². The summed E-state index contributed by atoms with van der Waals surface area (Å²) in [7, 11) is 0. The maximum absolute atomic E-state index is 5.75. The standard InChI is InChI=1S/C13H24ClN3/c1-11(2)16(8-5-7-14)10-13-6-9-17(15-13)12(3)4/h6,9,11-12H,5,7-8,10H2,1-4H3. The molecule has 1 heterocycles. The highest BCUT2D eigenvalue weighted by atomic mass is 35.5. The minimum absolute atomic E-state index is 0.430. The molecule has 0 spiro atoms. The first-order chi connectivity index (χ1) is 8.04. The van der Waals surface area contributed by atoms with Gasteiger partial charge in [-0.3, -0.25) is 9.58 Å². The Labute approximate surface area is 110 Å². The van der Waals surface area contributed by atoms with E-state index in [2.05, 4.69) is 50.0 Å². The quantitative estimate of drug-likeness (QED) is 0.699. The van der Waals surface area contributed by atoms with Gasteiger partial charge in [-0.05, 0) is 46.7 Å². The predicted octanol–water partition coefficient (Wildman–Crippen LogP) is 3.30. The fraction of sp³-hybridized carbons (Fsp3) is 0.769. The van der Waals surface area contributed by atoms with Crippen LogP contribution in [0.15, 0.2) is 12.3 Å². The lowest BCUT2D eigenvalue weighted by atomic mass is 10.2. The Morgan fingerprint density at radius 2 is 2.06 bits per heavy atom. The molecule has 0 amide bonds. The maximum Gasteiger partial charge on any atom is 0.0764 e. The molecular weight excluding hydrogens is 234 g/mol. The Kier molecular flexibility index (Phi) is 6.00. The van der Waals surface area contributed by atoms with Gasteiger partial charge in [-0.15, -0.1) is 11.6 Å². The van der Waals surface area contributed by atoms with Crippen LogP contribution >= 0.6 is 11.6 Å². The van der Waals surface area contributed by atoms with E-state index in [4.69, 9.17) is 11.6 Å². The Morgan fingerprint density at radius 1 is 1.35 bits per heavy atom. The van der Waals surface area contributed by atoms with Gasteiger partial charge in [0.15, 0.2) is 0 Å². The van der Waals surface area contributed by atoms with Crippen LogP contribution in [-0.4, -0.2) is 33.1 Å². The van der Waals surface area contributed by atoms with Crippen molar-refractivity contribution in [3.05, 3.63) is 18.0 Å². The van der Waals surface area contributed by atoms with Crippen LogP contribution in [0.5, 0.6) is 0 Å². The van der Waals surface area contributed by atoms with Crippen molar-refractivity contribution in [1.29, 1.82) is 0 Å². The molecule has 98 valence electrons. The number of nitrogens with zero attached hydrogens (tertiary/aromatic N) is 3. The van der Waals surface area contributed by atoms with Crippen LogP contribution in [0.25, 0.3) is 0 Å². The first-order valence-corrected chi connectivity index (χ1v) is 6.92. The van der Waals surface area contributed by atoms with E-state index in [0.29, 0.717) is 12.1 Å². The molecule has 0 N–H and O–H groups in total. The van der Waals surface area contributed by atoms with Crippen LogP contribution < -0.4 is 0 Å². The van der Waals surface area contributed by atoms with E-state index in [1.54, 1.807) is 0 Å². The zero-order valence-corrected chi connectivity index (χ0v) is 12.1. The molecule has 1 rings (SSSR count). The number of aromatic nitrogens is 2. The van der Waals surface area contributed by atoms with Gasteiger partial charge in [-0.25, -0.2) is 0 Å². The van der Waals surface area contributed by atoms with E-state index in [0.717, 1.165) is 31.1 Å². The van der Waals surface area contributed by atoms with Gasteiger partial charge in [0.25, 0.3) is 0 Å². The largest absolute Gasteiger partial charge is 0.295 e. The highest BCUT2D eigenvalue weighted by Gasteiger charge is 2.11. The van der Waals surface area contributed by atoms with Crippen molar-refractivity contribution in [2.45, 2.75) is 52.7 Å². The van der Waals surface area contributed by atoms with Crippen LogP contribution in [0.3, 0.4) is 0 Å². The van der Waals surface area contributed by atoms with Crippen molar-refractivity contribution < 1.29 is 0 Å². The van der Waals surface area contributed by atoms with Crippen molar-refractivity contribution in [1.82, 2.24) is 14.7 Å². The summed E-state index contributed by atoms with van der Waals surface area (Å²) in [5.41, 5.74) is 1.14. The van der Waals surface area contributed by atoms with Gasteiger partial charge in [0.2, 0.25) is 0 Å². The third-order valence-corrected chi connectivity index (χ3v) is 3.13. The maximum atomic E-state index is 5.75. The van der Waals surface area contributed by atoms with E-state index in [9.17, 15) is 0 Å². The molecule has 0 aliphatic carbocycles. The van der Waals surface area contributed by atoms with Crippen molar-refractivity contribution >= 4 is 11.6 Å². The first kappa shape index (κ1) is 14.5. The van der Waals surface area contributed by atoms with E-state index < -0.39 is 0 Å². The van der Waals surface area contributed by atoms with Gasteiger partial charge in [-0.1, -0.05) is 0 Å². The molecule has 0 atom stereocenters. The molecule has 0 bridgehead atoms. The van der Waals surface area contributed by atoms with Gasteiger partial charge < -0.3 is 0 Å². The fourth-order valence-corrected chi connectivity index (χ4v) is 1.86. The summed E-state index contributed by atoms with van der Waals surface area (Å²) < 4.78 is 2.01. The molecule has 3 nitrogen and oxygen atoms in total. The monoisotopic (exact) mass is 257 g/mol. The summed E-state index contributed by atoms with van der Waals surface area (Å²) >= 11 is 5.75. The number of halogens is 1. The lowest BCUT2D eigenvalue weighted by Crippen LogP contribution is -2.31. The average molecular weight is 258 g/mol. The van der Waals surface area contributed by atoms with Crippen LogP contribution in [0.2, 0.25) is 0 Å². The first-order valence-electron chi connectivity index (χ1n) is 6.38. The molecule has 4 heteroatoms. The molecule has 0 saturated heterocycles. The minimum Gasteiger partial charge on any atom is -0.295 e. The van der Waals surface area contributed by atoms with E-state index in [-0.39, 0.29) is 0 Å².